The number of likely N-dealkylation sites (tertiary alicyclic amines) is 1. The van der Waals surface area contributed by atoms with Gasteiger partial charge in [-0.05, 0) is 58.2 Å². The number of carbonyl (C=O) groups excluding carboxylic acids is 2. The van der Waals surface area contributed by atoms with E-state index in [-0.39, 0.29) is 24.0 Å². The molecule has 6 heteroatoms. The molecular weight excluding hydrogens is 306 g/mol. The van der Waals surface area contributed by atoms with Crippen LogP contribution in [0.3, 0.4) is 0 Å². The molecule has 0 saturated carbocycles. The van der Waals surface area contributed by atoms with Crippen LogP contribution in [0.5, 0.6) is 0 Å². The van der Waals surface area contributed by atoms with Gasteiger partial charge in [0.2, 0.25) is 5.91 Å². The van der Waals surface area contributed by atoms with Crippen molar-refractivity contribution in [2.24, 2.45) is 5.92 Å². The molecular formula is C18H27N3O3. The largest absolute Gasteiger partial charge is 0.444 e. The van der Waals surface area contributed by atoms with Crippen molar-refractivity contribution < 1.29 is 14.3 Å². The minimum Gasteiger partial charge on any atom is -0.444 e. The molecule has 1 atom stereocenters. The third kappa shape index (κ3) is 5.22. The summed E-state index contributed by atoms with van der Waals surface area (Å²) in [5, 5.41) is 3.05. The molecule has 1 aliphatic heterocycles. The maximum absolute atomic E-state index is 12.4. The second kappa shape index (κ2) is 7.64. The van der Waals surface area contributed by atoms with Crippen molar-refractivity contribution in [1.82, 2.24) is 15.2 Å². The first kappa shape index (κ1) is 18.2. The van der Waals surface area contributed by atoms with Gasteiger partial charge in [0, 0.05) is 31.4 Å². The van der Waals surface area contributed by atoms with E-state index in [1.54, 1.807) is 17.3 Å². The summed E-state index contributed by atoms with van der Waals surface area (Å²) in [6, 6.07) is 3.75. The van der Waals surface area contributed by atoms with Crippen LogP contribution < -0.4 is 5.32 Å². The van der Waals surface area contributed by atoms with Crippen LogP contribution in [0.2, 0.25) is 0 Å². The second-order valence-electron chi connectivity index (χ2n) is 7.25. The first-order valence-corrected chi connectivity index (χ1v) is 8.44. The fourth-order valence-corrected chi connectivity index (χ4v) is 2.72. The van der Waals surface area contributed by atoms with E-state index in [2.05, 4.69) is 10.3 Å². The number of piperidine rings is 1. The number of carbonyl (C=O) groups is 2. The lowest BCUT2D eigenvalue weighted by atomic mass is 9.95. The highest BCUT2D eigenvalue weighted by atomic mass is 16.6. The Morgan fingerprint density at radius 1 is 1.25 bits per heavy atom. The molecule has 24 heavy (non-hydrogen) atoms. The van der Waals surface area contributed by atoms with Crippen molar-refractivity contribution in [2.75, 3.05) is 13.1 Å². The van der Waals surface area contributed by atoms with Gasteiger partial charge in [0.25, 0.3) is 0 Å². The number of nitrogens with zero attached hydrogens (tertiary/aromatic N) is 2. The van der Waals surface area contributed by atoms with Crippen LogP contribution >= 0.6 is 0 Å². The van der Waals surface area contributed by atoms with Crippen molar-refractivity contribution in [1.29, 1.82) is 0 Å². The number of ether oxygens (including phenoxy) is 1. The predicted molar refractivity (Wildman–Crippen MR) is 91.3 cm³/mol. The third-order valence-corrected chi connectivity index (χ3v) is 4.08. The fraction of sp³-hybridized carbons (Fsp3) is 0.611. The maximum atomic E-state index is 12.4. The van der Waals surface area contributed by atoms with Gasteiger partial charge in [-0.3, -0.25) is 9.78 Å². The minimum atomic E-state index is -0.495. The average Bonchev–Trinajstić information content (AvgIpc) is 2.54. The van der Waals surface area contributed by atoms with Crippen LogP contribution in [-0.2, 0) is 9.53 Å². The number of rotatable bonds is 3. The van der Waals surface area contributed by atoms with E-state index in [1.165, 1.54) is 0 Å². The molecule has 1 aliphatic rings. The number of amides is 2. The van der Waals surface area contributed by atoms with E-state index in [4.69, 9.17) is 4.74 Å². The van der Waals surface area contributed by atoms with Gasteiger partial charge in [0.1, 0.15) is 5.60 Å². The molecule has 2 heterocycles. The summed E-state index contributed by atoms with van der Waals surface area (Å²) in [6.45, 7) is 8.62. The number of hydrogen-bond donors (Lipinski definition) is 1. The van der Waals surface area contributed by atoms with Crippen LogP contribution in [0.1, 0.15) is 52.1 Å². The Kier molecular flexibility index (Phi) is 5.80. The zero-order valence-corrected chi connectivity index (χ0v) is 14.9. The predicted octanol–water partition coefficient (Wildman–Crippen LogP) is 2.91. The van der Waals surface area contributed by atoms with Crippen LogP contribution in [-0.4, -0.2) is 40.6 Å². The van der Waals surface area contributed by atoms with Gasteiger partial charge in [0.15, 0.2) is 0 Å². The van der Waals surface area contributed by atoms with Crippen LogP contribution in [0.15, 0.2) is 24.5 Å². The summed E-state index contributed by atoms with van der Waals surface area (Å²) < 4.78 is 5.38. The Hall–Kier alpha value is -2.11. The third-order valence-electron chi connectivity index (χ3n) is 4.08. The molecule has 1 aromatic heterocycles. The van der Waals surface area contributed by atoms with E-state index in [0.29, 0.717) is 25.9 Å². The molecule has 0 aromatic carbocycles. The molecule has 0 spiro atoms. The topological polar surface area (TPSA) is 71.5 Å². The van der Waals surface area contributed by atoms with Crippen molar-refractivity contribution in [3.05, 3.63) is 30.1 Å². The Balaban J connectivity index is 1.81. The molecule has 1 saturated heterocycles. The van der Waals surface area contributed by atoms with Crippen molar-refractivity contribution >= 4 is 12.0 Å². The summed E-state index contributed by atoms with van der Waals surface area (Å²) >= 11 is 0. The lowest BCUT2D eigenvalue weighted by molar-refractivity contribution is -0.127. The van der Waals surface area contributed by atoms with Gasteiger partial charge in [0.05, 0.1) is 6.04 Å². The minimum absolute atomic E-state index is 0.0446. The smallest absolute Gasteiger partial charge is 0.410 e. The van der Waals surface area contributed by atoms with E-state index in [0.717, 1.165) is 5.56 Å². The second-order valence-corrected chi connectivity index (χ2v) is 7.25. The molecule has 2 amide bonds. The molecule has 1 N–H and O–H groups in total. The van der Waals surface area contributed by atoms with Gasteiger partial charge in [-0.15, -0.1) is 0 Å². The van der Waals surface area contributed by atoms with E-state index in [1.807, 2.05) is 39.8 Å². The fourth-order valence-electron chi connectivity index (χ4n) is 2.72. The van der Waals surface area contributed by atoms with E-state index in [9.17, 15) is 9.59 Å². The zero-order chi connectivity index (χ0) is 17.7. The number of pyridine rings is 1. The molecule has 132 valence electrons. The molecule has 1 fully saturated rings. The highest BCUT2D eigenvalue weighted by Crippen LogP contribution is 2.21. The Morgan fingerprint density at radius 3 is 2.38 bits per heavy atom. The lowest BCUT2D eigenvalue weighted by Crippen LogP contribution is -2.45. The summed E-state index contributed by atoms with van der Waals surface area (Å²) in [6.07, 6.45) is 4.46. The first-order chi connectivity index (χ1) is 11.3. The van der Waals surface area contributed by atoms with Crippen molar-refractivity contribution in [3.63, 3.8) is 0 Å². The van der Waals surface area contributed by atoms with Gasteiger partial charge in [-0.1, -0.05) is 0 Å². The van der Waals surface area contributed by atoms with E-state index < -0.39 is 5.60 Å². The molecule has 6 nitrogen and oxygen atoms in total. The number of aromatic nitrogens is 1. The zero-order valence-electron chi connectivity index (χ0n) is 14.9. The normalized spacial score (nSPS) is 17.2. The molecule has 2 rings (SSSR count). The number of hydrogen-bond acceptors (Lipinski definition) is 4. The Morgan fingerprint density at radius 2 is 1.83 bits per heavy atom. The molecule has 0 aliphatic carbocycles. The highest BCUT2D eigenvalue weighted by Gasteiger charge is 2.30. The Labute approximate surface area is 143 Å². The molecule has 0 bridgehead atoms. The van der Waals surface area contributed by atoms with Crippen LogP contribution in [0.4, 0.5) is 4.79 Å². The summed E-state index contributed by atoms with van der Waals surface area (Å²) in [7, 11) is 0. The average molecular weight is 333 g/mol. The maximum Gasteiger partial charge on any atom is 0.410 e. The van der Waals surface area contributed by atoms with E-state index >= 15 is 0 Å². The van der Waals surface area contributed by atoms with Crippen molar-refractivity contribution in [2.45, 2.75) is 52.2 Å². The molecule has 1 aromatic rings. The summed E-state index contributed by atoms with van der Waals surface area (Å²) in [5.74, 6) is -0.0175. The quantitative estimate of drug-likeness (QED) is 0.923. The highest BCUT2D eigenvalue weighted by molar-refractivity contribution is 5.79. The number of nitrogens with one attached hydrogen (secondary N) is 1. The van der Waals surface area contributed by atoms with Gasteiger partial charge in [-0.25, -0.2) is 4.79 Å². The van der Waals surface area contributed by atoms with Crippen LogP contribution in [0.25, 0.3) is 0 Å². The van der Waals surface area contributed by atoms with Crippen molar-refractivity contribution in [3.8, 4) is 0 Å². The standard InChI is InChI=1S/C18H27N3O3/c1-13(14-5-9-19-10-6-14)20-16(22)15-7-11-21(12-8-15)17(23)24-18(2,3)4/h5-6,9-10,13,15H,7-8,11-12H2,1-4H3,(H,20,22). The Bertz CT molecular complexity index is 561. The van der Waals surface area contributed by atoms with Gasteiger partial charge in [-0.2, -0.15) is 0 Å². The SMILES string of the molecule is CC(NC(=O)C1CCN(C(=O)OC(C)(C)C)CC1)c1ccncc1. The van der Waals surface area contributed by atoms with Gasteiger partial charge >= 0.3 is 6.09 Å². The lowest BCUT2D eigenvalue weighted by Gasteiger charge is -2.33. The van der Waals surface area contributed by atoms with Gasteiger partial charge < -0.3 is 15.0 Å². The molecule has 0 radical (unpaired) electrons. The first-order valence-electron chi connectivity index (χ1n) is 8.44. The summed E-state index contributed by atoms with van der Waals surface area (Å²) in [4.78, 5) is 30.1. The monoisotopic (exact) mass is 333 g/mol. The summed E-state index contributed by atoms with van der Waals surface area (Å²) in [5.41, 5.74) is 0.537. The molecule has 1 unspecified atom stereocenters. The van der Waals surface area contributed by atoms with Crippen LogP contribution in [0, 0.1) is 5.92 Å².